The van der Waals surface area contributed by atoms with Crippen molar-refractivity contribution in [1.82, 2.24) is 5.32 Å². The Labute approximate surface area is 158 Å². The Balaban J connectivity index is 1.77. The minimum atomic E-state index is -0.162. The molecule has 0 atom stereocenters. The number of carbonyl (C=O) groups excluding carboxylic acids is 2. The Morgan fingerprint density at radius 1 is 1.04 bits per heavy atom. The van der Waals surface area contributed by atoms with E-state index < -0.39 is 0 Å². The zero-order chi connectivity index (χ0) is 19.1. The summed E-state index contributed by atoms with van der Waals surface area (Å²) in [6.45, 7) is 8.30. The maximum atomic E-state index is 12.4. The van der Waals surface area contributed by atoms with Gasteiger partial charge in [0.25, 0.3) is 0 Å². The van der Waals surface area contributed by atoms with Gasteiger partial charge in [-0.05, 0) is 63.5 Å². The fraction of sp³-hybridized carbons (Fsp3) is 0.636. The second-order valence-electron chi connectivity index (χ2n) is 7.90. The van der Waals surface area contributed by atoms with Gasteiger partial charge in [0, 0.05) is 11.6 Å². The van der Waals surface area contributed by atoms with Crippen molar-refractivity contribution < 1.29 is 9.59 Å². The lowest BCUT2D eigenvalue weighted by atomic mass is 9.79. The highest BCUT2D eigenvalue weighted by Crippen LogP contribution is 2.32. The molecule has 2 rings (SSSR count). The Hall–Kier alpha value is -1.84. The maximum Gasteiger partial charge on any atom is 0.243 e. The van der Waals surface area contributed by atoms with Crippen molar-refractivity contribution in [2.75, 3.05) is 11.9 Å². The Kier molecular flexibility index (Phi) is 7.67. The molecule has 1 saturated carbocycles. The molecule has 1 aliphatic rings. The van der Waals surface area contributed by atoms with Crippen molar-refractivity contribution in [2.24, 2.45) is 11.8 Å². The molecule has 2 amide bonds. The molecule has 0 aromatic heterocycles. The number of nitrogens with one attached hydrogen (secondary N) is 2. The molecule has 4 nitrogen and oxygen atoms in total. The quantitative estimate of drug-likeness (QED) is 0.744. The van der Waals surface area contributed by atoms with E-state index in [1.165, 1.54) is 24.8 Å². The Morgan fingerprint density at radius 3 is 2.23 bits per heavy atom. The van der Waals surface area contributed by atoms with Gasteiger partial charge in [-0.15, -0.1) is 0 Å². The van der Waals surface area contributed by atoms with E-state index in [9.17, 15) is 9.59 Å². The van der Waals surface area contributed by atoms with Gasteiger partial charge in [-0.2, -0.15) is 0 Å². The number of hydrogen-bond donors (Lipinski definition) is 2. The molecule has 1 aliphatic carbocycles. The van der Waals surface area contributed by atoms with Gasteiger partial charge in [-0.25, -0.2) is 0 Å². The summed E-state index contributed by atoms with van der Waals surface area (Å²) in [5.74, 6) is 0.731. The van der Waals surface area contributed by atoms with E-state index >= 15 is 0 Å². The van der Waals surface area contributed by atoms with E-state index in [4.69, 9.17) is 0 Å². The summed E-state index contributed by atoms with van der Waals surface area (Å²) in [6, 6.07) is 4.11. The zero-order valence-electron chi connectivity index (χ0n) is 16.8. The summed E-state index contributed by atoms with van der Waals surface area (Å²) in [5.41, 5.74) is 4.13. The maximum absolute atomic E-state index is 12.4. The fourth-order valence-electron chi connectivity index (χ4n) is 4.08. The van der Waals surface area contributed by atoms with Crippen LogP contribution < -0.4 is 10.6 Å². The van der Waals surface area contributed by atoms with Gasteiger partial charge < -0.3 is 10.6 Å². The molecular formula is C22H34N2O2. The number of carbonyl (C=O) groups is 2. The molecule has 144 valence electrons. The van der Waals surface area contributed by atoms with Gasteiger partial charge in [0.1, 0.15) is 0 Å². The van der Waals surface area contributed by atoms with Crippen LogP contribution in [0.5, 0.6) is 0 Å². The molecule has 0 unspecified atom stereocenters. The highest BCUT2D eigenvalue weighted by atomic mass is 16.2. The first-order chi connectivity index (χ1) is 12.4. The van der Waals surface area contributed by atoms with Crippen LogP contribution in [-0.4, -0.2) is 18.4 Å². The van der Waals surface area contributed by atoms with Crippen molar-refractivity contribution in [3.63, 3.8) is 0 Å². The summed E-state index contributed by atoms with van der Waals surface area (Å²) in [4.78, 5) is 24.6. The molecule has 1 aromatic carbocycles. The van der Waals surface area contributed by atoms with Crippen molar-refractivity contribution in [3.8, 4) is 0 Å². The molecule has 0 bridgehead atoms. The molecule has 0 spiro atoms. The molecule has 1 aromatic rings. The topological polar surface area (TPSA) is 58.2 Å². The van der Waals surface area contributed by atoms with Crippen LogP contribution >= 0.6 is 0 Å². The largest absolute Gasteiger partial charge is 0.347 e. The lowest BCUT2D eigenvalue weighted by molar-refractivity contribution is -0.128. The van der Waals surface area contributed by atoms with Crippen molar-refractivity contribution in [3.05, 3.63) is 28.8 Å². The first-order valence-corrected chi connectivity index (χ1v) is 10.1. The third-order valence-corrected chi connectivity index (χ3v) is 5.55. The van der Waals surface area contributed by atoms with Crippen LogP contribution in [0.2, 0.25) is 0 Å². The third-order valence-electron chi connectivity index (χ3n) is 5.55. The van der Waals surface area contributed by atoms with Gasteiger partial charge >= 0.3 is 0 Å². The predicted octanol–water partition coefficient (Wildman–Crippen LogP) is 4.66. The smallest absolute Gasteiger partial charge is 0.243 e. The van der Waals surface area contributed by atoms with E-state index in [1.54, 1.807) is 0 Å². The lowest BCUT2D eigenvalue weighted by Crippen LogP contribution is -2.38. The van der Waals surface area contributed by atoms with Gasteiger partial charge in [0.2, 0.25) is 11.8 Å². The van der Waals surface area contributed by atoms with E-state index in [0.29, 0.717) is 0 Å². The SMILES string of the molecule is CCCCC1CCC(C(=O)NCC(=O)Nc2c(C)cc(C)cc2C)CC1. The summed E-state index contributed by atoms with van der Waals surface area (Å²) in [7, 11) is 0. The van der Waals surface area contributed by atoms with Crippen LogP contribution in [-0.2, 0) is 9.59 Å². The third kappa shape index (κ3) is 5.86. The Bertz CT molecular complexity index is 608. The minimum absolute atomic E-state index is 0.0337. The van der Waals surface area contributed by atoms with Crippen LogP contribution in [0.1, 0.15) is 68.6 Å². The minimum Gasteiger partial charge on any atom is -0.347 e. The lowest BCUT2D eigenvalue weighted by Gasteiger charge is -2.27. The number of rotatable bonds is 7. The molecule has 26 heavy (non-hydrogen) atoms. The number of unbranched alkanes of at least 4 members (excludes halogenated alkanes) is 1. The average molecular weight is 359 g/mol. The first kappa shape index (κ1) is 20.5. The standard InChI is InChI=1S/C22H34N2O2/c1-5-6-7-18-8-10-19(11-9-18)22(26)23-14-20(25)24-21-16(3)12-15(2)13-17(21)4/h12-13,18-19H,5-11,14H2,1-4H3,(H,23,26)(H,24,25). The number of benzene rings is 1. The first-order valence-electron chi connectivity index (χ1n) is 10.1. The summed E-state index contributed by atoms with van der Waals surface area (Å²) in [5, 5.41) is 5.77. The highest BCUT2D eigenvalue weighted by Gasteiger charge is 2.26. The number of aryl methyl sites for hydroxylation is 3. The number of anilines is 1. The molecule has 0 radical (unpaired) electrons. The number of hydrogen-bond acceptors (Lipinski definition) is 2. The molecule has 1 fully saturated rings. The summed E-state index contributed by atoms with van der Waals surface area (Å²) < 4.78 is 0. The van der Waals surface area contributed by atoms with Crippen molar-refractivity contribution in [2.45, 2.75) is 72.6 Å². The summed E-state index contributed by atoms with van der Waals surface area (Å²) in [6.07, 6.45) is 8.03. The highest BCUT2D eigenvalue weighted by molar-refractivity contribution is 5.96. The van der Waals surface area contributed by atoms with Crippen LogP contribution in [0.15, 0.2) is 12.1 Å². The van der Waals surface area contributed by atoms with Gasteiger partial charge in [-0.3, -0.25) is 9.59 Å². The second-order valence-corrected chi connectivity index (χ2v) is 7.90. The van der Waals surface area contributed by atoms with E-state index in [0.717, 1.165) is 48.4 Å². The summed E-state index contributed by atoms with van der Waals surface area (Å²) >= 11 is 0. The predicted molar refractivity (Wildman–Crippen MR) is 107 cm³/mol. The van der Waals surface area contributed by atoms with Crippen LogP contribution in [0.3, 0.4) is 0 Å². The van der Waals surface area contributed by atoms with Crippen LogP contribution in [0, 0.1) is 32.6 Å². The van der Waals surface area contributed by atoms with Gasteiger partial charge in [0.15, 0.2) is 0 Å². The van der Waals surface area contributed by atoms with Crippen molar-refractivity contribution in [1.29, 1.82) is 0 Å². The second kappa shape index (κ2) is 9.75. The normalized spacial score (nSPS) is 19.8. The molecule has 2 N–H and O–H groups in total. The zero-order valence-corrected chi connectivity index (χ0v) is 16.8. The van der Waals surface area contributed by atoms with Crippen molar-refractivity contribution >= 4 is 17.5 Å². The monoisotopic (exact) mass is 358 g/mol. The van der Waals surface area contributed by atoms with E-state index in [2.05, 4.69) is 29.7 Å². The van der Waals surface area contributed by atoms with Crippen LogP contribution in [0.4, 0.5) is 5.69 Å². The van der Waals surface area contributed by atoms with Crippen LogP contribution in [0.25, 0.3) is 0 Å². The van der Waals surface area contributed by atoms with Gasteiger partial charge in [0.05, 0.1) is 6.54 Å². The fourth-order valence-corrected chi connectivity index (χ4v) is 4.08. The van der Waals surface area contributed by atoms with E-state index in [-0.39, 0.29) is 24.3 Å². The average Bonchev–Trinajstić information content (AvgIpc) is 2.61. The number of amides is 2. The molecule has 0 saturated heterocycles. The van der Waals surface area contributed by atoms with E-state index in [1.807, 2.05) is 20.8 Å². The molecular weight excluding hydrogens is 324 g/mol. The molecule has 0 aliphatic heterocycles. The Morgan fingerprint density at radius 2 is 1.65 bits per heavy atom. The van der Waals surface area contributed by atoms with Gasteiger partial charge in [-0.1, -0.05) is 43.9 Å². The molecule has 4 heteroatoms. The molecule has 0 heterocycles.